The van der Waals surface area contributed by atoms with Gasteiger partial charge in [0, 0.05) is 0 Å². The summed E-state index contributed by atoms with van der Waals surface area (Å²) in [6.45, 7) is 6.93. The number of fused-ring (bicyclic) bond motifs is 1. The molecule has 4 unspecified atom stereocenters. The molecule has 1 aliphatic heterocycles. The number of allylic oxidation sites excluding steroid dienone is 1. The van der Waals surface area contributed by atoms with E-state index in [1.807, 2.05) is 5.57 Å². The van der Waals surface area contributed by atoms with Gasteiger partial charge >= 0.3 is 0 Å². The van der Waals surface area contributed by atoms with E-state index < -0.39 is 0 Å². The average molecular weight is 220 g/mol. The third-order valence-corrected chi connectivity index (χ3v) is 5.00. The lowest BCUT2D eigenvalue weighted by Crippen LogP contribution is -2.23. The smallest absolute Gasteiger partial charge is 0.0647 e. The minimum atomic E-state index is 0.503. The molecule has 0 aromatic heterocycles. The van der Waals surface area contributed by atoms with E-state index in [2.05, 4.69) is 20.8 Å². The lowest BCUT2D eigenvalue weighted by molar-refractivity contribution is 0.0409. The van der Waals surface area contributed by atoms with Crippen LogP contribution in [-0.4, -0.2) is 12.2 Å². The lowest BCUT2D eigenvalue weighted by atomic mass is 9.79. The van der Waals surface area contributed by atoms with Crippen molar-refractivity contribution in [2.75, 3.05) is 0 Å². The van der Waals surface area contributed by atoms with Crippen LogP contribution in [0, 0.1) is 17.8 Å². The van der Waals surface area contributed by atoms with Gasteiger partial charge in [0.25, 0.3) is 0 Å². The Morgan fingerprint density at radius 3 is 2.75 bits per heavy atom. The van der Waals surface area contributed by atoms with Gasteiger partial charge in [-0.05, 0) is 57.3 Å². The molecule has 3 rings (SSSR count). The van der Waals surface area contributed by atoms with E-state index in [1.165, 1.54) is 32.1 Å². The molecule has 0 spiro atoms. The Balaban J connectivity index is 1.73. The first-order chi connectivity index (χ1) is 7.69. The molecule has 1 saturated carbocycles. The van der Waals surface area contributed by atoms with Gasteiger partial charge in [0.05, 0.1) is 12.2 Å². The van der Waals surface area contributed by atoms with Gasteiger partial charge in [-0.1, -0.05) is 24.5 Å². The Morgan fingerprint density at radius 2 is 2.06 bits per heavy atom. The van der Waals surface area contributed by atoms with Crippen molar-refractivity contribution in [1.29, 1.82) is 0 Å². The molecular formula is C15H24O. The van der Waals surface area contributed by atoms with Crippen molar-refractivity contribution in [2.45, 2.75) is 65.1 Å². The van der Waals surface area contributed by atoms with Crippen LogP contribution in [0.25, 0.3) is 0 Å². The van der Waals surface area contributed by atoms with Crippen molar-refractivity contribution in [3.63, 3.8) is 0 Å². The van der Waals surface area contributed by atoms with Crippen molar-refractivity contribution >= 4 is 0 Å². The average Bonchev–Trinajstić information content (AvgIpc) is 2.93. The van der Waals surface area contributed by atoms with E-state index >= 15 is 0 Å². The van der Waals surface area contributed by atoms with E-state index in [-0.39, 0.29) is 0 Å². The largest absolute Gasteiger partial charge is 0.375 e. The van der Waals surface area contributed by atoms with Crippen LogP contribution in [0.15, 0.2) is 11.1 Å². The fourth-order valence-electron chi connectivity index (χ4n) is 3.96. The zero-order chi connectivity index (χ0) is 11.3. The number of rotatable bonds is 2. The lowest BCUT2D eigenvalue weighted by Gasteiger charge is -2.28. The first-order valence-electron chi connectivity index (χ1n) is 7.03. The highest BCUT2D eigenvalue weighted by Gasteiger charge is 2.44. The molecule has 0 aromatic carbocycles. The van der Waals surface area contributed by atoms with Crippen molar-refractivity contribution in [1.82, 2.24) is 0 Å². The molecule has 0 aromatic rings. The second-order valence-electron chi connectivity index (χ2n) is 6.21. The van der Waals surface area contributed by atoms with Gasteiger partial charge in [0.1, 0.15) is 0 Å². The van der Waals surface area contributed by atoms with Crippen molar-refractivity contribution in [3.05, 3.63) is 11.1 Å². The van der Waals surface area contributed by atoms with E-state index in [0.717, 1.165) is 17.8 Å². The summed E-state index contributed by atoms with van der Waals surface area (Å²) >= 11 is 0. The summed E-state index contributed by atoms with van der Waals surface area (Å²) in [4.78, 5) is 0. The molecule has 0 bridgehead atoms. The molecule has 16 heavy (non-hydrogen) atoms. The quantitative estimate of drug-likeness (QED) is 0.641. The third-order valence-electron chi connectivity index (χ3n) is 5.00. The molecule has 90 valence electrons. The van der Waals surface area contributed by atoms with Gasteiger partial charge < -0.3 is 4.74 Å². The summed E-state index contributed by atoms with van der Waals surface area (Å²) in [5.41, 5.74) is 3.49. The van der Waals surface area contributed by atoms with E-state index in [1.54, 1.807) is 5.57 Å². The summed E-state index contributed by atoms with van der Waals surface area (Å²) in [6, 6.07) is 0. The highest BCUT2D eigenvalue weighted by atomic mass is 16.5. The molecule has 0 N–H and O–H groups in total. The molecule has 1 heterocycles. The number of ether oxygens (including phenoxy) is 1. The minimum Gasteiger partial charge on any atom is -0.375 e. The first kappa shape index (κ1) is 10.8. The van der Waals surface area contributed by atoms with Gasteiger partial charge in [-0.3, -0.25) is 0 Å². The Morgan fingerprint density at radius 1 is 1.25 bits per heavy atom. The molecule has 1 saturated heterocycles. The topological polar surface area (TPSA) is 9.23 Å². The summed E-state index contributed by atoms with van der Waals surface area (Å²) in [7, 11) is 0. The maximum atomic E-state index is 6.00. The van der Waals surface area contributed by atoms with Crippen LogP contribution in [0.5, 0.6) is 0 Å². The zero-order valence-electron chi connectivity index (χ0n) is 10.8. The molecule has 1 heteroatoms. The van der Waals surface area contributed by atoms with E-state index in [0.29, 0.717) is 12.2 Å². The predicted molar refractivity (Wildman–Crippen MR) is 66.3 cm³/mol. The van der Waals surface area contributed by atoms with Crippen LogP contribution in [0.1, 0.15) is 52.9 Å². The molecule has 2 fully saturated rings. The van der Waals surface area contributed by atoms with E-state index in [4.69, 9.17) is 4.74 Å². The Bertz CT molecular complexity index is 317. The van der Waals surface area contributed by atoms with Crippen molar-refractivity contribution in [2.24, 2.45) is 17.8 Å². The van der Waals surface area contributed by atoms with Crippen LogP contribution in [0.3, 0.4) is 0 Å². The van der Waals surface area contributed by atoms with Crippen LogP contribution in [-0.2, 0) is 4.74 Å². The predicted octanol–water partition coefficient (Wildman–Crippen LogP) is 3.94. The van der Waals surface area contributed by atoms with Crippen LogP contribution in [0.4, 0.5) is 0 Å². The highest BCUT2D eigenvalue weighted by Crippen LogP contribution is 2.53. The van der Waals surface area contributed by atoms with Crippen LogP contribution >= 0.6 is 0 Å². The molecule has 0 radical (unpaired) electrons. The Labute approximate surface area is 99.3 Å². The maximum absolute atomic E-state index is 6.00. The SMILES string of the molecule is CCC1C[C@H]1C1=C(C)CC2OC(C)CC2C1. The number of hydrogen-bond donors (Lipinski definition) is 0. The number of hydrogen-bond acceptors (Lipinski definition) is 1. The van der Waals surface area contributed by atoms with Gasteiger partial charge in [0.2, 0.25) is 0 Å². The normalized spacial score (nSPS) is 47.1. The third kappa shape index (κ3) is 1.73. The minimum absolute atomic E-state index is 0.503. The van der Waals surface area contributed by atoms with Gasteiger partial charge in [0.15, 0.2) is 0 Å². The van der Waals surface area contributed by atoms with Crippen molar-refractivity contribution in [3.8, 4) is 0 Å². The van der Waals surface area contributed by atoms with Gasteiger partial charge in [-0.25, -0.2) is 0 Å². The van der Waals surface area contributed by atoms with Gasteiger partial charge in [-0.2, -0.15) is 0 Å². The summed E-state index contributed by atoms with van der Waals surface area (Å²) < 4.78 is 6.00. The van der Waals surface area contributed by atoms with Gasteiger partial charge in [-0.15, -0.1) is 0 Å². The summed E-state index contributed by atoms with van der Waals surface area (Å²) in [5.74, 6) is 2.81. The fourth-order valence-corrected chi connectivity index (χ4v) is 3.96. The maximum Gasteiger partial charge on any atom is 0.0647 e. The Kier molecular flexibility index (Phi) is 2.62. The molecule has 1 nitrogen and oxygen atoms in total. The second-order valence-corrected chi connectivity index (χ2v) is 6.21. The molecular weight excluding hydrogens is 196 g/mol. The monoisotopic (exact) mass is 220 g/mol. The fraction of sp³-hybridized carbons (Fsp3) is 0.867. The molecule has 2 aliphatic carbocycles. The Hall–Kier alpha value is -0.300. The summed E-state index contributed by atoms with van der Waals surface area (Å²) in [6.07, 6.45) is 7.77. The first-order valence-corrected chi connectivity index (χ1v) is 7.03. The standard InChI is InChI=1S/C15H24O/c1-4-11-7-14(11)13-8-12-6-10(3)16-15(12)5-9(13)2/h10-12,14-15H,4-8H2,1-3H3/t10?,11?,12?,14-,15?/m1/s1. The summed E-state index contributed by atoms with van der Waals surface area (Å²) in [5, 5.41) is 0. The molecule has 3 aliphatic rings. The molecule has 5 atom stereocenters. The molecule has 0 amide bonds. The zero-order valence-corrected chi connectivity index (χ0v) is 10.8. The highest BCUT2D eigenvalue weighted by molar-refractivity contribution is 5.26. The van der Waals surface area contributed by atoms with Crippen molar-refractivity contribution < 1.29 is 4.74 Å². The van der Waals surface area contributed by atoms with Crippen LogP contribution in [0.2, 0.25) is 0 Å². The van der Waals surface area contributed by atoms with E-state index in [9.17, 15) is 0 Å². The van der Waals surface area contributed by atoms with Crippen LogP contribution < -0.4 is 0 Å². The second kappa shape index (κ2) is 3.87.